The molecule has 1 aliphatic rings. The molecular weight excluding hydrogens is 311 g/mol. The summed E-state index contributed by atoms with van der Waals surface area (Å²) < 4.78 is 39.3. The molecule has 1 aromatic carbocycles. The molecule has 0 bridgehead atoms. The molecule has 0 saturated carbocycles. The number of amides is 3. The van der Waals surface area contributed by atoms with Gasteiger partial charge in [0, 0.05) is 23.3 Å². The van der Waals surface area contributed by atoms with E-state index in [1.165, 1.54) is 43.0 Å². The minimum absolute atomic E-state index is 0.0312. The van der Waals surface area contributed by atoms with Gasteiger partial charge in [-0.1, -0.05) is 6.07 Å². The Hall–Kier alpha value is -2.25. The van der Waals surface area contributed by atoms with Gasteiger partial charge in [0.25, 0.3) is 5.91 Å². The van der Waals surface area contributed by atoms with Crippen LogP contribution in [-0.4, -0.2) is 35.1 Å². The molecule has 0 aromatic heterocycles. The van der Waals surface area contributed by atoms with Crippen LogP contribution in [0.2, 0.25) is 0 Å². The van der Waals surface area contributed by atoms with Crippen LogP contribution in [0.3, 0.4) is 0 Å². The smallest absolute Gasteiger partial charge is 0.351 e. The lowest BCUT2D eigenvalue weighted by molar-refractivity contribution is -0.189. The highest BCUT2D eigenvalue weighted by atomic mass is 19.4. The molecule has 5 nitrogen and oxygen atoms in total. The fourth-order valence-corrected chi connectivity index (χ4v) is 3.04. The van der Waals surface area contributed by atoms with Crippen molar-refractivity contribution in [1.82, 2.24) is 4.90 Å². The third kappa shape index (κ3) is 3.40. The lowest BCUT2D eigenvalue weighted by Crippen LogP contribution is -2.49. The highest BCUT2D eigenvalue weighted by Gasteiger charge is 2.56. The van der Waals surface area contributed by atoms with Crippen LogP contribution in [0.5, 0.6) is 0 Å². The van der Waals surface area contributed by atoms with Crippen LogP contribution >= 0.6 is 0 Å². The number of halogens is 3. The fraction of sp³-hybridized carbons (Fsp3) is 0.467. The first-order valence-corrected chi connectivity index (χ1v) is 7.08. The monoisotopic (exact) mass is 329 g/mol. The van der Waals surface area contributed by atoms with Crippen LogP contribution in [-0.2, 0) is 0 Å². The third-order valence-corrected chi connectivity index (χ3v) is 4.21. The van der Waals surface area contributed by atoms with Gasteiger partial charge in [0.1, 0.15) is 0 Å². The summed E-state index contributed by atoms with van der Waals surface area (Å²) in [7, 11) is 0. The lowest BCUT2D eigenvalue weighted by Gasteiger charge is -2.36. The average Bonchev–Trinajstić information content (AvgIpc) is 2.72. The second-order valence-corrected chi connectivity index (χ2v) is 6.06. The minimum atomic E-state index is -4.35. The summed E-state index contributed by atoms with van der Waals surface area (Å²) >= 11 is 0. The summed E-state index contributed by atoms with van der Waals surface area (Å²) in [5, 5.41) is 2.33. The van der Waals surface area contributed by atoms with E-state index < -0.39 is 29.6 Å². The van der Waals surface area contributed by atoms with E-state index in [1.54, 1.807) is 0 Å². The van der Waals surface area contributed by atoms with E-state index >= 15 is 0 Å². The second-order valence-electron chi connectivity index (χ2n) is 6.06. The van der Waals surface area contributed by atoms with E-state index in [0.29, 0.717) is 5.69 Å². The molecule has 8 heteroatoms. The molecule has 1 heterocycles. The van der Waals surface area contributed by atoms with E-state index in [2.05, 4.69) is 5.32 Å². The Bertz CT molecular complexity index is 629. The van der Waals surface area contributed by atoms with E-state index in [0.717, 1.165) is 0 Å². The van der Waals surface area contributed by atoms with E-state index in [4.69, 9.17) is 5.73 Å². The van der Waals surface area contributed by atoms with Gasteiger partial charge in [-0.2, -0.15) is 13.2 Å². The minimum Gasteiger partial charge on any atom is -0.351 e. The molecule has 1 saturated heterocycles. The number of hydrogen-bond acceptors (Lipinski definition) is 2. The third-order valence-electron chi connectivity index (χ3n) is 4.21. The van der Waals surface area contributed by atoms with Gasteiger partial charge in [0.15, 0.2) is 0 Å². The van der Waals surface area contributed by atoms with Crippen LogP contribution in [0.4, 0.5) is 23.7 Å². The topological polar surface area (TPSA) is 75.4 Å². The largest absolute Gasteiger partial charge is 0.394 e. The Balaban J connectivity index is 2.26. The molecule has 1 atom stereocenters. The van der Waals surface area contributed by atoms with Crippen molar-refractivity contribution in [2.75, 3.05) is 11.9 Å². The number of carbonyl (C=O) groups is 2. The Labute approximate surface area is 131 Å². The molecule has 2 rings (SSSR count). The molecule has 0 aliphatic carbocycles. The van der Waals surface area contributed by atoms with Crippen molar-refractivity contribution in [1.29, 1.82) is 0 Å². The molecule has 3 N–H and O–H groups in total. The van der Waals surface area contributed by atoms with Crippen molar-refractivity contribution in [2.24, 2.45) is 11.7 Å². The first kappa shape index (κ1) is 17.1. The van der Waals surface area contributed by atoms with Crippen LogP contribution in [0, 0.1) is 5.92 Å². The predicted octanol–water partition coefficient (Wildman–Crippen LogP) is 2.98. The van der Waals surface area contributed by atoms with Gasteiger partial charge >= 0.3 is 12.2 Å². The summed E-state index contributed by atoms with van der Waals surface area (Å²) in [6.45, 7) is 2.87. The number of urea groups is 1. The zero-order valence-electron chi connectivity index (χ0n) is 12.8. The number of nitrogens with one attached hydrogen (secondary N) is 1. The Morgan fingerprint density at radius 1 is 1.35 bits per heavy atom. The molecule has 0 unspecified atom stereocenters. The number of hydrogen-bond donors (Lipinski definition) is 2. The highest BCUT2D eigenvalue weighted by Crippen LogP contribution is 2.45. The predicted molar refractivity (Wildman–Crippen MR) is 78.9 cm³/mol. The first-order valence-electron chi connectivity index (χ1n) is 7.08. The number of alkyl halides is 3. The van der Waals surface area contributed by atoms with E-state index in [1.807, 2.05) is 0 Å². The zero-order valence-corrected chi connectivity index (χ0v) is 12.8. The van der Waals surface area contributed by atoms with E-state index in [9.17, 15) is 22.8 Å². The Kier molecular flexibility index (Phi) is 4.28. The van der Waals surface area contributed by atoms with E-state index in [-0.39, 0.29) is 18.5 Å². The summed E-state index contributed by atoms with van der Waals surface area (Å²) in [4.78, 5) is 24.7. The van der Waals surface area contributed by atoms with Crippen molar-refractivity contribution in [3.63, 3.8) is 0 Å². The Morgan fingerprint density at radius 2 is 2.00 bits per heavy atom. The number of rotatable bonds is 2. The van der Waals surface area contributed by atoms with Crippen LogP contribution < -0.4 is 11.1 Å². The molecule has 0 spiro atoms. The van der Waals surface area contributed by atoms with Crippen molar-refractivity contribution >= 4 is 17.6 Å². The van der Waals surface area contributed by atoms with Crippen LogP contribution in [0.1, 0.15) is 30.6 Å². The summed E-state index contributed by atoms with van der Waals surface area (Å²) in [6.07, 6.45) is -4.48. The number of likely N-dealkylation sites (tertiary alicyclic amines) is 1. The number of benzene rings is 1. The molecule has 3 amide bonds. The normalized spacial score (nSPS) is 20.4. The lowest BCUT2D eigenvalue weighted by atomic mass is 9.87. The Morgan fingerprint density at radius 3 is 2.52 bits per heavy atom. The first-order chi connectivity index (χ1) is 10.5. The van der Waals surface area contributed by atoms with Gasteiger partial charge in [-0.3, -0.25) is 4.79 Å². The molecular formula is C15H18F3N3O2. The maximum Gasteiger partial charge on any atom is 0.394 e. The molecule has 1 fully saturated rings. The standard InChI is InChI=1S/C15H18F3N3O2/c1-14(2)11(15(16,17)18)6-7-21(14)12(22)9-4-3-5-10(8-9)20-13(19)23/h3-5,8,11H,6-7H2,1-2H3,(H3,19,20,23)/t11-/m1/s1. The number of anilines is 1. The maximum atomic E-state index is 13.1. The van der Waals surface area contributed by atoms with Crippen molar-refractivity contribution in [2.45, 2.75) is 32.0 Å². The van der Waals surface area contributed by atoms with Gasteiger partial charge in [-0.25, -0.2) is 4.79 Å². The van der Waals surface area contributed by atoms with Gasteiger partial charge in [-0.15, -0.1) is 0 Å². The van der Waals surface area contributed by atoms with Gasteiger partial charge < -0.3 is 16.0 Å². The van der Waals surface area contributed by atoms with Crippen LogP contribution in [0.15, 0.2) is 24.3 Å². The van der Waals surface area contributed by atoms with Crippen molar-refractivity contribution in [3.8, 4) is 0 Å². The second kappa shape index (κ2) is 5.75. The van der Waals surface area contributed by atoms with Crippen molar-refractivity contribution < 1.29 is 22.8 Å². The number of carbonyl (C=O) groups excluding carboxylic acids is 2. The van der Waals surface area contributed by atoms with Gasteiger partial charge in [-0.05, 0) is 38.5 Å². The molecule has 1 aliphatic heterocycles. The molecule has 23 heavy (non-hydrogen) atoms. The zero-order chi connectivity index (χ0) is 17.4. The molecule has 126 valence electrons. The van der Waals surface area contributed by atoms with Gasteiger partial charge in [0.2, 0.25) is 0 Å². The number of nitrogens with zero attached hydrogens (tertiary/aromatic N) is 1. The number of nitrogens with two attached hydrogens (primary N) is 1. The fourth-order valence-electron chi connectivity index (χ4n) is 3.04. The van der Waals surface area contributed by atoms with Crippen LogP contribution in [0.25, 0.3) is 0 Å². The molecule has 0 radical (unpaired) electrons. The van der Waals surface area contributed by atoms with Crippen molar-refractivity contribution in [3.05, 3.63) is 29.8 Å². The summed E-state index contributed by atoms with van der Waals surface area (Å²) in [5.74, 6) is -2.07. The maximum absolute atomic E-state index is 13.1. The quantitative estimate of drug-likeness (QED) is 0.875. The highest BCUT2D eigenvalue weighted by molar-refractivity contribution is 5.97. The SMILES string of the molecule is CC1(C)[C@H](C(F)(F)F)CCN1C(=O)c1cccc(NC(N)=O)c1. The summed E-state index contributed by atoms with van der Waals surface area (Å²) in [5.41, 5.74) is 4.19. The molecule has 1 aromatic rings. The number of primary amides is 1. The average molecular weight is 329 g/mol. The van der Waals surface area contributed by atoms with Gasteiger partial charge in [0.05, 0.1) is 5.92 Å². The summed E-state index contributed by atoms with van der Waals surface area (Å²) in [6, 6.07) is 5.17.